The lowest BCUT2D eigenvalue weighted by molar-refractivity contribution is 0.234. The van der Waals surface area contributed by atoms with Crippen molar-refractivity contribution >= 4 is 15.9 Å². The second-order valence-electron chi connectivity index (χ2n) is 5.55. The minimum atomic E-state index is -3.02. The van der Waals surface area contributed by atoms with E-state index in [1.807, 2.05) is 13.0 Å². The molecule has 2 amide bonds. The highest BCUT2D eigenvalue weighted by atomic mass is 32.2. The van der Waals surface area contributed by atoms with Crippen LogP contribution in [-0.2, 0) is 9.84 Å². The topological polar surface area (TPSA) is 93.7 Å². The molecular formula is C15H22N2O5S. The molecule has 0 aromatic heterocycles. The van der Waals surface area contributed by atoms with Gasteiger partial charge in [-0.05, 0) is 25.5 Å². The zero-order valence-electron chi connectivity index (χ0n) is 13.5. The molecule has 0 bridgehead atoms. The van der Waals surface area contributed by atoms with E-state index in [0.717, 1.165) is 5.56 Å². The van der Waals surface area contributed by atoms with Crippen LogP contribution in [0.1, 0.15) is 24.9 Å². The number of benzene rings is 1. The molecule has 7 nitrogen and oxygen atoms in total. The molecule has 0 radical (unpaired) electrons. The van der Waals surface area contributed by atoms with Crippen LogP contribution in [0.15, 0.2) is 18.2 Å². The molecule has 2 N–H and O–H groups in total. The SMILES string of the molecule is COc1ccc(C(C)NC(=O)NC2CCS(=O)(=O)C2)c(OC)c1. The van der Waals surface area contributed by atoms with Gasteiger partial charge in [-0.1, -0.05) is 0 Å². The lowest BCUT2D eigenvalue weighted by Crippen LogP contribution is -2.43. The van der Waals surface area contributed by atoms with Gasteiger partial charge < -0.3 is 20.1 Å². The van der Waals surface area contributed by atoms with E-state index in [2.05, 4.69) is 10.6 Å². The van der Waals surface area contributed by atoms with Gasteiger partial charge in [-0.3, -0.25) is 0 Å². The number of carbonyl (C=O) groups excluding carboxylic acids is 1. The summed E-state index contributed by atoms with van der Waals surface area (Å²) in [5, 5.41) is 5.50. The smallest absolute Gasteiger partial charge is 0.315 e. The average molecular weight is 342 g/mol. The Bertz CT molecular complexity index is 674. The Morgan fingerprint density at radius 1 is 1.30 bits per heavy atom. The van der Waals surface area contributed by atoms with Gasteiger partial charge in [0.25, 0.3) is 0 Å². The van der Waals surface area contributed by atoms with Crippen LogP contribution in [0.2, 0.25) is 0 Å². The molecule has 1 saturated heterocycles. The summed E-state index contributed by atoms with van der Waals surface area (Å²) >= 11 is 0. The zero-order chi connectivity index (χ0) is 17.0. The van der Waals surface area contributed by atoms with Gasteiger partial charge >= 0.3 is 6.03 Å². The standard InChI is InChI=1S/C15H22N2O5S/c1-10(13-5-4-12(21-2)8-14(13)22-3)16-15(18)17-11-6-7-23(19,20)9-11/h4-5,8,10-11H,6-7,9H2,1-3H3,(H2,16,17,18). The van der Waals surface area contributed by atoms with Gasteiger partial charge in [-0.2, -0.15) is 0 Å². The van der Waals surface area contributed by atoms with Gasteiger partial charge in [0.2, 0.25) is 0 Å². The molecular weight excluding hydrogens is 320 g/mol. The van der Waals surface area contributed by atoms with Crippen LogP contribution in [0.25, 0.3) is 0 Å². The molecule has 1 aromatic rings. The number of amides is 2. The first-order valence-electron chi connectivity index (χ1n) is 7.34. The molecule has 0 aliphatic carbocycles. The molecule has 0 saturated carbocycles. The van der Waals surface area contributed by atoms with Crippen molar-refractivity contribution < 1.29 is 22.7 Å². The summed E-state index contributed by atoms with van der Waals surface area (Å²) in [6.45, 7) is 1.83. The number of methoxy groups -OCH3 is 2. The van der Waals surface area contributed by atoms with E-state index in [9.17, 15) is 13.2 Å². The minimum absolute atomic E-state index is 0.000653. The fourth-order valence-corrected chi connectivity index (χ4v) is 4.26. The van der Waals surface area contributed by atoms with E-state index in [0.29, 0.717) is 17.9 Å². The van der Waals surface area contributed by atoms with Gasteiger partial charge in [-0.15, -0.1) is 0 Å². The van der Waals surface area contributed by atoms with Crippen LogP contribution in [0.4, 0.5) is 4.79 Å². The van der Waals surface area contributed by atoms with Crippen molar-refractivity contribution in [2.45, 2.75) is 25.4 Å². The first-order valence-corrected chi connectivity index (χ1v) is 9.16. The third kappa shape index (κ3) is 4.51. The van der Waals surface area contributed by atoms with Gasteiger partial charge in [0.05, 0.1) is 31.8 Å². The van der Waals surface area contributed by atoms with Gasteiger partial charge in [0, 0.05) is 17.7 Å². The Morgan fingerprint density at radius 2 is 2.04 bits per heavy atom. The molecule has 1 aliphatic rings. The fraction of sp³-hybridized carbons (Fsp3) is 0.533. The quantitative estimate of drug-likeness (QED) is 0.840. The molecule has 8 heteroatoms. The van der Waals surface area contributed by atoms with E-state index < -0.39 is 15.9 Å². The van der Waals surface area contributed by atoms with Crippen LogP contribution in [0, 0.1) is 0 Å². The highest BCUT2D eigenvalue weighted by Gasteiger charge is 2.29. The molecule has 1 heterocycles. The second-order valence-corrected chi connectivity index (χ2v) is 7.78. The maximum atomic E-state index is 12.0. The molecule has 1 fully saturated rings. The maximum absolute atomic E-state index is 12.0. The van der Waals surface area contributed by atoms with Crippen molar-refractivity contribution in [3.63, 3.8) is 0 Å². The number of ether oxygens (including phenoxy) is 2. The van der Waals surface area contributed by atoms with Crippen molar-refractivity contribution in [3.8, 4) is 11.5 Å². The van der Waals surface area contributed by atoms with Gasteiger partial charge in [0.15, 0.2) is 9.84 Å². The van der Waals surface area contributed by atoms with E-state index >= 15 is 0 Å². The molecule has 1 aromatic carbocycles. The Morgan fingerprint density at radius 3 is 2.61 bits per heavy atom. The third-order valence-electron chi connectivity index (χ3n) is 3.82. The molecule has 23 heavy (non-hydrogen) atoms. The van der Waals surface area contributed by atoms with Crippen molar-refractivity contribution in [1.29, 1.82) is 0 Å². The van der Waals surface area contributed by atoms with Crippen molar-refractivity contribution in [3.05, 3.63) is 23.8 Å². The predicted molar refractivity (Wildman–Crippen MR) is 86.7 cm³/mol. The molecule has 2 rings (SSSR count). The summed E-state index contributed by atoms with van der Waals surface area (Å²) in [5.74, 6) is 1.40. The molecule has 1 aliphatic heterocycles. The van der Waals surface area contributed by atoms with Crippen molar-refractivity contribution in [1.82, 2.24) is 10.6 Å². The van der Waals surface area contributed by atoms with E-state index in [4.69, 9.17) is 9.47 Å². The lowest BCUT2D eigenvalue weighted by Gasteiger charge is -2.19. The summed E-state index contributed by atoms with van der Waals surface area (Å²) in [4.78, 5) is 12.0. The van der Waals surface area contributed by atoms with E-state index in [-0.39, 0.29) is 23.6 Å². The first-order chi connectivity index (χ1) is 10.8. The Balaban J connectivity index is 1.98. The first kappa shape index (κ1) is 17.4. The lowest BCUT2D eigenvalue weighted by atomic mass is 10.1. The highest BCUT2D eigenvalue weighted by Crippen LogP contribution is 2.29. The average Bonchev–Trinajstić information content (AvgIpc) is 2.84. The third-order valence-corrected chi connectivity index (χ3v) is 5.59. The molecule has 2 unspecified atom stereocenters. The number of hydrogen-bond donors (Lipinski definition) is 2. The minimum Gasteiger partial charge on any atom is -0.497 e. The number of urea groups is 1. The molecule has 128 valence electrons. The largest absolute Gasteiger partial charge is 0.497 e. The van der Waals surface area contributed by atoms with Crippen LogP contribution >= 0.6 is 0 Å². The monoisotopic (exact) mass is 342 g/mol. The number of carbonyl (C=O) groups is 1. The van der Waals surface area contributed by atoms with Gasteiger partial charge in [-0.25, -0.2) is 13.2 Å². The zero-order valence-corrected chi connectivity index (χ0v) is 14.3. The predicted octanol–water partition coefficient (Wildman–Crippen LogP) is 1.25. The molecule has 2 atom stereocenters. The highest BCUT2D eigenvalue weighted by molar-refractivity contribution is 7.91. The van der Waals surface area contributed by atoms with Crippen LogP contribution in [0.5, 0.6) is 11.5 Å². The van der Waals surface area contributed by atoms with Crippen LogP contribution in [-0.4, -0.2) is 46.2 Å². The van der Waals surface area contributed by atoms with Gasteiger partial charge in [0.1, 0.15) is 11.5 Å². The normalized spacial score (nSPS) is 20.6. The Kier molecular flexibility index (Phi) is 5.35. The summed E-state index contributed by atoms with van der Waals surface area (Å²) in [7, 11) is 0.102. The number of rotatable bonds is 5. The van der Waals surface area contributed by atoms with E-state index in [1.165, 1.54) is 0 Å². The Hall–Kier alpha value is -1.96. The van der Waals surface area contributed by atoms with Crippen LogP contribution in [0.3, 0.4) is 0 Å². The second kappa shape index (κ2) is 7.08. The molecule has 0 spiro atoms. The number of sulfone groups is 1. The Labute approximate surface area is 136 Å². The summed E-state index contributed by atoms with van der Waals surface area (Å²) in [5.41, 5.74) is 0.808. The fourth-order valence-electron chi connectivity index (χ4n) is 2.59. The summed E-state index contributed by atoms with van der Waals surface area (Å²) < 4.78 is 33.3. The number of hydrogen-bond acceptors (Lipinski definition) is 5. The summed E-state index contributed by atoms with van der Waals surface area (Å²) in [6.07, 6.45) is 0.454. The van der Waals surface area contributed by atoms with Crippen molar-refractivity contribution in [2.75, 3.05) is 25.7 Å². The van der Waals surface area contributed by atoms with Crippen molar-refractivity contribution in [2.24, 2.45) is 0 Å². The van der Waals surface area contributed by atoms with Crippen LogP contribution < -0.4 is 20.1 Å². The maximum Gasteiger partial charge on any atom is 0.315 e. The van der Waals surface area contributed by atoms with E-state index in [1.54, 1.807) is 26.4 Å². The summed E-state index contributed by atoms with van der Waals surface area (Å²) in [6, 6.07) is 4.34. The number of nitrogens with one attached hydrogen (secondary N) is 2.